The zero-order valence-corrected chi connectivity index (χ0v) is 23.6. The molecule has 226 valence electrons. The molecule has 3 fully saturated rings. The van der Waals surface area contributed by atoms with E-state index in [1.165, 1.54) is 10.9 Å². The predicted molar refractivity (Wildman–Crippen MR) is 154 cm³/mol. The first kappa shape index (κ1) is 28.9. The molecular formula is C30H35N7O6. The number of nitrogens with one attached hydrogen (secondary N) is 1. The number of aliphatic hydroxyl groups is 2. The summed E-state index contributed by atoms with van der Waals surface area (Å²) in [6.45, 7) is 1.57. The van der Waals surface area contributed by atoms with Crippen molar-refractivity contribution in [3.63, 3.8) is 0 Å². The molecule has 1 saturated carbocycles. The number of anilines is 1. The number of imidazole rings is 1. The number of nitrogen functional groups attached to an aromatic ring is 1. The maximum atomic E-state index is 12.5. The molecular weight excluding hydrogens is 554 g/mol. The van der Waals surface area contributed by atoms with E-state index in [1.54, 1.807) is 4.90 Å². The van der Waals surface area contributed by atoms with Gasteiger partial charge in [-0.05, 0) is 43.1 Å². The first-order chi connectivity index (χ1) is 20.9. The number of hydrogen-bond donors (Lipinski definition) is 4. The fourth-order valence-corrected chi connectivity index (χ4v) is 5.38. The summed E-state index contributed by atoms with van der Waals surface area (Å²) in [7, 11) is 0. The third-order valence-electron chi connectivity index (χ3n) is 8.07. The molecule has 0 radical (unpaired) electrons. The quantitative estimate of drug-likeness (QED) is 0.292. The number of nitrogens with two attached hydrogens (primary N) is 1. The average Bonchev–Trinajstić information content (AvgIpc) is 3.65. The minimum absolute atomic E-state index is 0.0847. The van der Waals surface area contributed by atoms with Crippen molar-refractivity contribution in [2.45, 2.75) is 69.1 Å². The number of rotatable bonds is 7. The van der Waals surface area contributed by atoms with Crippen LogP contribution in [0, 0.1) is 17.8 Å². The smallest absolute Gasteiger partial charge is 0.409 e. The zero-order valence-electron chi connectivity index (χ0n) is 23.6. The lowest BCUT2D eigenvalue weighted by Gasteiger charge is -2.30. The molecule has 3 aliphatic rings. The number of likely N-dealkylation sites (tertiary alicyclic amines) is 1. The van der Waals surface area contributed by atoms with Crippen LogP contribution in [-0.2, 0) is 20.7 Å². The Morgan fingerprint density at radius 3 is 2.60 bits per heavy atom. The molecule has 13 nitrogen and oxygen atoms in total. The van der Waals surface area contributed by atoms with Crippen LogP contribution in [0.2, 0.25) is 0 Å². The Morgan fingerprint density at radius 2 is 1.86 bits per heavy atom. The maximum Gasteiger partial charge on any atom is 0.409 e. The van der Waals surface area contributed by atoms with Crippen LogP contribution in [0.25, 0.3) is 11.2 Å². The van der Waals surface area contributed by atoms with Gasteiger partial charge < -0.3 is 35.6 Å². The molecule has 43 heavy (non-hydrogen) atoms. The average molecular weight is 590 g/mol. The van der Waals surface area contributed by atoms with Gasteiger partial charge in [-0.15, -0.1) is 0 Å². The summed E-state index contributed by atoms with van der Waals surface area (Å²) < 4.78 is 12.7. The van der Waals surface area contributed by atoms with Crippen LogP contribution >= 0.6 is 0 Å². The predicted octanol–water partition coefficient (Wildman–Crippen LogP) is 1.14. The standard InChI is InChI=1S/C30H35N7O6/c31-26-22-27(37(17-32-22)29-24(39)23(38)25(43-29)28(40)33-20-9-10-20)35-21(34-26)8-4-7-19-11-14-36(15-12-19)30(41)42-16-13-18-5-2-1-3-6-18/h1-3,5-6,17,19-20,23-25,29,38-39H,7,9-16H2,(H,33,40)(H2,31,34,35)/t23?,24-,25-,29+/m0/s1. The van der Waals surface area contributed by atoms with Crippen LogP contribution in [-0.4, -0.2) is 90.7 Å². The van der Waals surface area contributed by atoms with Gasteiger partial charge in [0, 0.05) is 32.0 Å². The molecule has 4 heterocycles. The van der Waals surface area contributed by atoms with E-state index in [4.69, 9.17) is 15.2 Å². The third kappa shape index (κ3) is 6.56. The van der Waals surface area contributed by atoms with E-state index in [0.717, 1.165) is 31.2 Å². The first-order valence-electron chi connectivity index (χ1n) is 14.6. The number of piperidine rings is 1. The molecule has 2 aromatic heterocycles. The number of fused-ring (bicyclic) bond motifs is 1. The van der Waals surface area contributed by atoms with Gasteiger partial charge in [0.1, 0.15) is 17.7 Å². The highest BCUT2D eigenvalue weighted by Gasteiger charge is 2.48. The second-order valence-corrected chi connectivity index (χ2v) is 11.3. The molecule has 2 amide bonds. The van der Waals surface area contributed by atoms with Crippen molar-refractivity contribution in [1.82, 2.24) is 29.7 Å². The fourth-order valence-electron chi connectivity index (χ4n) is 5.38. The van der Waals surface area contributed by atoms with Gasteiger partial charge in [-0.3, -0.25) is 9.36 Å². The number of amides is 2. The van der Waals surface area contributed by atoms with E-state index in [0.29, 0.717) is 44.0 Å². The summed E-state index contributed by atoms with van der Waals surface area (Å²) in [5, 5.41) is 24.0. The van der Waals surface area contributed by atoms with E-state index in [9.17, 15) is 19.8 Å². The summed E-state index contributed by atoms with van der Waals surface area (Å²) in [6, 6.07) is 10.0. The summed E-state index contributed by atoms with van der Waals surface area (Å²) in [5.74, 6) is 6.25. The molecule has 6 rings (SSSR count). The van der Waals surface area contributed by atoms with Crippen LogP contribution < -0.4 is 11.1 Å². The maximum absolute atomic E-state index is 12.5. The number of benzene rings is 1. The van der Waals surface area contributed by atoms with Crippen LogP contribution in [0.4, 0.5) is 10.6 Å². The number of ether oxygens (including phenoxy) is 2. The molecule has 13 heteroatoms. The van der Waals surface area contributed by atoms with Crippen molar-refractivity contribution in [3.05, 3.63) is 48.0 Å². The summed E-state index contributed by atoms with van der Waals surface area (Å²) in [4.78, 5) is 39.7. The number of hydrogen-bond acceptors (Lipinski definition) is 10. The molecule has 2 saturated heterocycles. The number of carbonyl (C=O) groups is 2. The molecule has 1 aliphatic carbocycles. The topological polar surface area (TPSA) is 178 Å². The van der Waals surface area contributed by atoms with E-state index in [2.05, 4.69) is 32.1 Å². The van der Waals surface area contributed by atoms with Crippen molar-refractivity contribution in [2.75, 3.05) is 25.4 Å². The molecule has 0 spiro atoms. The lowest BCUT2D eigenvalue weighted by molar-refractivity contribution is -0.137. The monoisotopic (exact) mass is 589 g/mol. The molecule has 2 aliphatic heterocycles. The summed E-state index contributed by atoms with van der Waals surface area (Å²) in [6.07, 6.45) is 0.664. The van der Waals surface area contributed by atoms with Crippen LogP contribution in [0.3, 0.4) is 0 Å². The van der Waals surface area contributed by atoms with Gasteiger partial charge in [-0.2, -0.15) is 0 Å². The minimum atomic E-state index is -1.41. The van der Waals surface area contributed by atoms with Gasteiger partial charge in [0.15, 0.2) is 23.8 Å². The van der Waals surface area contributed by atoms with Crippen molar-refractivity contribution in [3.8, 4) is 11.8 Å². The van der Waals surface area contributed by atoms with Crippen LogP contribution in [0.15, 0.2) is 36.7 Å². The Labute approximate surface area is 248 Å². The van der Waals surface area contributed by atoms with E-state index < -0.39 is 30.4 Å². The lowest BCUT2D eigenvalue weighted by Crippen LogP contribution is -2.43. The van der Waals surface area contributed by atoms with Crippen LogP contribution in [0.5, 0.6) is 0 Å². The molecule has 1 unspecified atom stereocenters. The Hall–Kier alpha value is -4.25. The molecule has 5 N–H and O–H groups in total. The second-order valence-electron chi connectivity index (χ2n) is 11.3. The van der Waals surface area contributed by atoms with Gasteiger partial charge in [0.05, 0.1) is 12.9 Å². The van der Waals surface area contributed by atoms with E-state index in [-0.39, 0.29) is 29.4 Å². The second kappa shape index (κ2) is 12.5. The minimum Gasteiger partial charge on any atom is -0.449 e. The molecule has 0 bridgehead atoms. The Bertz CT molecular complexity index is 1520. The van der Waals surface area contributed by atoms with E-state index >= 15 is 0 Å². The fraction of sp³-hybridized carbons (Fsp3) is 0.500. The highest BCUT2D eigenvalue weighted by Crippen LogP contribution is 2.33. The Morgan fingerprint density at radius 1 is 1.09 bits per heavy atom. The van der Waals surface area contributed by atoms with Crippen LogP contribution in [0.1, 0.15) is 49.7 Å². The SMILES string of the molecule is Nc1nc(C#CCC2CCN(C(=O)OCCc3ccccc3)CC2)nc2c1ncn2[C@@H]1O[C@H](C(=O)NC2CC2)C(O)[C@@H]1O. The van der Waals surface area contributed by atoms with Crippen molar-refractivity contribution >= 4 is 29.0 Å². The highest BCUT2D eigenvalue weighted by molar-refractivity contribution is 5.83. The number of nitrogens with zero attached hydrogens (tertiary/aromatic N) is 5. The van der Waals surface area contributed by atoms with Gasteiger partial charge in [0.25, 0.3) is 5.91 Å². The number of carbonyl (C=O) groups excluding carboxylic acids is 2. The van der Waals surface area contributed by atoms with Crippen molar-refractivity contribution < 1.29 is 29.3 Å². The summed E-state index contributed by atoms with van der Waals surface area (Å²) >= 11 is 0. The molecule has 3 aromatic rings. The Balaban J connectivity index is 1.04. The largest absolute Gasteiger partial charge is 0.449 e. The van der Waals surface area contributed by atoms with Crippen molar-refractivity contribution in [2.24, 2.45) is 5.92 Å². The molecule has 1 aromatic carbocycles. The van der Waals surface area contributed by atoms with E-state index in [1.807, 2.05) is 30.3 Å². The highest BCUT2D eigenvalue weighted by atomic mass is 16.6. The third-order valence-corrected chi connectivity index (χ3v) is 8.07. The number of aromatic nitrogens is 4. The zero-order chi connectivity index (χ0) is 29.9. The first-order valence-corrected chi connectivity index (χ1v) is 14.6. The van der Waals surface area contributed by atoms with Crippen molar-refractivity contribution in [1.29, 1.82) is 0 Å². The Kier molecular flexibility index (Phi) is 8.42. The van der Waals surface area contributed by atoms with Gasteiger partial charge in [0.2, 0.25) is 5.82 Å². The molecule has 4 atom stereocenters. The summed E-state index contributed by atoms with van der Waals surface area (Å²) in [5.41, 5.74) is 7.83. The normalized spacial score (nSPS) is 24.0. The van der Waals surface area contributed by atoms with Gasteiger partial charge >= 0.3 is 6.09 Å². The van der Waals surface area contributed by atoms with Gasteiger partial charge in [-0.1, -0.05) is 36.3 Å². The lowest BCUT2D eigenvalue weighted by atomic mass is 9.94. The van der Waals surface area contributed by atoms with Gasteiger partial charge in [-0.25, -0.2) is 19.7 Å². The number of aliphatic hydroxyl groups excluding tert-OH is 2.